The van der Waals surface area contributed by atoms with E-state index in [-0.39, 0.29) is 5.82 Å². The molecule has 1 aromatic carbocycles. The second kappa shape index (κ2) is 6.77. The predicted octanol–water partition coefficient (Wildman–Crippen LogP) is 5.49. The van der Waals surface area contributed by atoms with Gasteiger partial charge in [-0.15, -0.1) is 11.3 Å². The maximum Gasteiger partial charge on any atom is 0.166 e. The molecule has 0 spiro atoms. The minimum absolute atomic E-state index is 0.221. The van der Waals surface area contributed by atoms with Crippen molar-refractivity contribution in [3.05, 3.63) is 52.5 Å². The van der Waals surface area contributed by atoms with Gasteiger partial charge >= 0.3 is 0 Å². The van der Waals surface area contributed by atoms with Gasteiger partial charge in [0.15, 0.2) is 5.82 Å². The first-order valence-corrected chi connectivity index (χ1v) is 10.6. The highest BCUT2D eigenvalue weighted by molar-refractivity contribution is 14.1. The third-order valence-corrected chi connectivity index (χ3v) is 6.54. The SMILES string of the molecule is Cc1nc2sc3c(NCc4ccc(F)cc4)nn(C)c3c2c(C)c1CI. The van der Waals surface area contributed by atoms with Gasteiger partial charge in [0.25, 0.3) is 0 Å². The fourth-order valence-corrected chi connectivity index (χ4v) is 5.68. The summed E-state index contributed by atoms with van der Waals surface area (Å²) in [5, 5.41) is 9.26. The number of nitrogens with one attached hydrogen (secondary N) is 1. The summed E-state index contributed by atoms with van der Waals surface area (Å²) < 4.78 is 17.1. The van der Waals surface area contributed by atoms with Crippen LogP contribution in [0.25, 0.3) is 20.4 Å². The Balaban J connectivity index is 1.79. The Morgan fingerprint density at radius 3 is 2.65 bits per heavy atom. The molecule has 0 unspecified atom stereocenters. The van der Waals surface area contributed by atoms with E-state index < -0.39 is 0 Å². The molecule has 0 bridgehead atoms. The van der Waals surface area contributed by atoms with E-state index in [0.717, 1.165) is 36.5 Å². The molecule has 0 radical (unpaired) electrons. The molecule has 0 aliphatic carbocycles. The molecule has 4 nitrogen and oxygen atoms in total. The lowest BCUT2D eigenvalue weighted by atomic mass is 10.1. The average Bonchev–Trinajstić information content (AvgIpc) is 3.12. The van der Waals surface area contributed by atoms with Crippen molar-refractivity contribution >= 4 is 60.2 Å². The number of thiophene rings is 1. The van der Waals surface area contributed by atoms with Crippen LogP contribution in [0.4, 0.5) is 10.2 Å². The van der Waals surface area contributed by atoms with Gasteiger partial charge in [0.1, 0.15) is 10.6 Å². The first kappa shape index (κ1) is 17.7. The molecule has 4 rings (SSSR count). The molecule has 0 aliphatic heterocycles. The van der Waals surface area contributed by atoms with Crippen molar-refractivity contribution < 1.29 is 4.39 Å². The standard InChI is InChI=1S/C19H18FIN4S/c1-10-14(8-21)11(2)23-19-15(10)16-17(26-19)18(24-25(16)3)22-9-12-4-6-13(20)7-5-12/h4-7H,8-9H2,1-3H3,(H,22,24). The van der Waals surface area contributed by atoms with Crippen molar-refractivity contribution in [2.24, 2.45) is 7.05 Å². The molecule has 1 N–H and O–H groups in total. The summed E-state index contributed by atoms with van der Waals surface area (Å²) in [6.45, 7) is 4.86. The van der Waals surface area contributed by atoms with E-state index in [1.54, 1.807) is 23.5 Å². The van der Waals surface area contributed by atoms with Gasteiger partial charge in [0, 0.05) is 29.1 Å². The van der Waals surface area contributed by atoms with Crippen molar-refractivity contribution in [3.63, 3.8) is 0 Å². The molecule has 0 saturated carbocycles. The van der Waals surface area contributed by atoms with Crippen LogP contribution in [-0.2, 0) is 18.0 Å². The Morgan fingerprint density at radius 2 is 1.96 bits per heavy atom. The first-order valence-electron chi connectivity index (χ1n) is 8.29. The molecule has 0 aliphatic rings. The largest absolute Gasteiger partial charge is 0.363 e. The highest BCUT2D eigenvalue weighted by atomic mass is 127. The lowest BCUT2D eigenvalue weighted by Crippen LogP contribution is -2.01. The maximum absolute atomic E-state index is 13.1. The van der Waals surface area contributed by atoms with Crippen molar-refractivity contribution in [1.82, 2.24) is 14.8 Å². The van der Waals surface area contributed by atoms with Crippen molar-refractivity contribution in [1.29, 1.82) is 0 Å². The number of anilines is 1. The molecule has 134 valence electrons. The lowest BCUT2D eigenvalue weighted by molar-refractivity contribution is 0.627. The van der Waals surface area contributed by atoms with Crippen LogP contribution in [0.3, 0.4) is 0 Å². The zero-order valence-electron chi connectivity index (χ0n) is 14.7. The van der Waals surface area contributed by atoms with E-state index in [9.17, 15) is 4.39 Å². The normalized spacial score (nSPS) is 11.6. The molecule has 0 saturated heterocycles. The van der Waals surface area contributed by atoms with E-state index >= 15 is 0 Å². The van der Waals surface area contributed by atoms with Crippen LogP contribution in [0.15, 0.2) is 24.3 Å². The van der Waals surface area contributed by atoms with Crippen LogP contribution in [0.1, 0.15) is 22.4 Å². The number of aryl methyl sites for hydroxylation is 3. The topological polar surface area (TPSA) is 42.7 Å². The number of aromatic nitrogens is 3. The second-order valence-electron chi connectivity index (χ2n) is 6.35. The number of fused-ring (bicyclic) bond motifs is 3. The Hall–Kier alpha value is -1.74. The number of nitrogens with zero attached hydrogens (tertiary/aromatic N) is 3. The number of halogens is 2. The van der Waals surface area contributed by atoms with E-state index in [1.807, 2.05) is 11.7 Å². The van der Waals surface area contributed by atoms with Gasteiger partial charge in [0.2, 0.25) is 0 Å². The highest BCUT2D eigenvalue weighted by Crippen LogP contribution is 2.40. The van der Waals surface area contributed by atoms with Crippen LogP contribution in [0.5, 0.6) is 0 Å². The molecule has 3 heterocycles. The fourth-order valence-electron chi connectivity index (χ4n) is 3.28. The van der Waals surface area contributed by atoms with Crippen LogP contribution < -0.4 is 5.32 Å². The van der Waals surface area contributed by atoms with E-state index in [1.165, 1.54) is 28.6 Å². The van der Waals surface area contributed by atoms with E-state index in [4.69, 9.17) is 4.98 Å². The van der Waals surface area contributed by atoms with Gasteiger partial charge in [-0.05, 0) is 42.7 Å². The molecular weight excluding hydrogens is 462 g/mol. The molecule has 26 heavy (non-hydrogen) atoms. The molecule has 0 fully saturated rings. The average molecular weight is 480 g/mol. The zero-order chi connectivity index (χ0) is 18.4. The van der Waals surface area contributed by atoms with E-state index in [0.29, 0.717) is 6.54 Å². The van der Waals surface area contributed by atoms with Crippen LogP contribution in [0, 0.1) is 19.7 Å². The van der Waals surface area contributed by atoms with Crippen molar-refractivity contribution in [3.8, 4) is 0 Å². The highest BCUT2D eigenvalue weighted by Gasteiger charge is 2.20. The first-order chi connectivity index (χ1) is 12.5. The van der Waals surface area contributed by atoms with E-state index in [2.05, 4.69) is 46.9 Å². The number of rotatable bonds is 4. The summed E-state index contributed by atoms with van der Waals surface area (Å²) in [6, 6.07) is 6.53. The van der Waals surface area contributed by atoms with Gasteiger partial charge in [0.05, 0.1) is 10.2 Å². The van der Waals surface area contributed by atoms with Crippen molar-refractivity contribution in [2.45, 2.75) is 24.8 Å². The smallest absolute Gasteiger partial charge is 0.166 e. The monoisotopic (exact) mass is 480 g/mol. The maximum atomic E-state index is 13.1. The molecule has 0 amide bonds. The lowest BCUT2D eigenvalue weighted by Gasteiger charge is -2.07. The Morgan fingerprint density at radius 1 is 1.23 bits per heavy atom. The van der Waals surface area contributed by atoms with Gasteiger partial charge in [-0.1, -0.05) is 34.7 Å². The number of pyridine rings is 1. The molecule has 3 aromatic heterocycles. The second-order valence-corrected chi connectivity index (χ2v) is 8.11. The zero-order valence-corrected chi connectivity index (χ0v) is 17.7. The van der Waals surface area contributed by atoms with Gasteiger partial charge in [-0.2, -0.15) is 5.10 Å². The number of benzene rings is 1. The minimum atomic E-state index is -0.221. The summed E-state index contributed by atoms with van der Waals surface area (Å²) >= 11 is 4.07. The summed E-state index contributed by atoms with van der Waals surface area (Å²) in [5.41, 5.74) is 5.84. The summed E-state index contributed by atoms with van der Waals surface area (Å²) in [6.07, 6.45) is 0. The fraction of sp³-hybridized carbons (Fsp3) is 0.263. The molecule has 7 heteroatoms. The van der Waals surface area contributed by atoms with Gasteiger partial charge in [-0.25, -0.2) is 9.37 Å². The summed E-state index contributed by atoms with van der Waals surface area (Å²) in [7, 11) is 1.97. The third kappa shape index (κ3) is 2.87. The third-order valence-electron chi connectivity index (χ3n) is 4.69. The number of hydrogen-bond donors (Lipinski definition) is 1. The molecule has 0 atom stereocenters. The van der Waals surface area contributed by atoms with Crippen LogP contribution >= 0.6 is 33.9 Å². The Kier molecular flexibility index (Phi) is 4.60. The quantitative estimate of drug-likeness (QED) is 0.311. The van der Waals surface area contributed by atoms with Gasteiger partial charge < -0.3 is 5.32 Å². The summed E-state index contributed by atoms with van der Waals surface area (Å²) in [4.78, 5) is 5.89. The Labute approximate surface area is 168 Å². The van der Waals surface area contributed by atoms with Crippen molar-refractivity contribution in [2.75, 3.05) is 5.32 Å². The van der Waals surface area contributed by atoms with Crippen LogP contribution in [0.2, 0.25) is 0 Å². The molecular formula is C19H18FIN4S. The van der Waals surface area contributed by atoms with Gasteiger partial charge in [-0.3, -0.25) is 4.68 Å². The van der Waals surface area contributed by atoms with Crippen LogP contribution in [-0.4, -0.2) is 14.8 Å². The minimum Gasteiger partial charge on any atom is -0.363 e. The number of alkyl halides is 1. The predicted molar refractivity (Wildman–Crippen MR) is 115 cm³/mol. The molecule has 4 aromatic rings. The number of hydrogen-bond acceptors (Lipinski definition) is 4. The summed E-state index contributed by atoms with van der Waals surface area (Å²) in [5.74, 6) is 0.629. The Bertz CT molecular complexity index is 1110.